The van der Waals surface area contributed by atoms with Crippen LogP contribution in [0.5, 0.6) is 0 Å². The Morgan fingerprint density at radius 2 is 1.96 bits per heavy atom. The third-order valence-electron chi connectivity index (χ3n) is 4.98. The van der Waals surface area contributed by atoms with E-state index in [-0.39, 0.29) is 6.04 Å². The second kappa shape index (κ2) is 6.68. The first-order chi connectivity index (χ1) is 13.7. The van der Waals surface area contributed by atoms with Gasteiger partial charge in [0.2, 0.25) is 0 Å². The van der Waals surface area contributed by atoms with Crippen LogP contribution in [0.2, 0.25) is 0 Å². The molecule has 5 heterocycles. The number of ether oxygens (including phenoxy) is 1. The molecular formula is C19H20N8O. The van der Waals surface area contributed by atoms with E-state index >= 15 is 0 Å². The number of hydrogen-bond donors (Lipinski definition) is 0. The number of anilines is 1. The Morgan fingerprint density at radius 3 is 2.71 bits per heavy atom. The summed E-state index contributed by atoms with van der Waals surface area (Å²) in [5, 5.41) is 4.30. The van der Waals surface area contributed by atoms with Crippen LogP contribution in [0, 0.1) is 0 Å². The fourth-order valence-electron chi connectivity index (χ4n) is 3.53. The zero-order chi connectivity index (χ0) is 19.1. The highest BCUT2D eigenvalue weighted by Gasteiger charge is 2.26. The number of imidazole rings is 1. The third-order valence-corrected chi connectivity index (χ3v) is 4.98. The average Bonchev–Trinajstić information content (AvgIpc) is 3.37. The second-order valence-electron chi connectivity index (χ2n) is 6.82. The van der Waals surface area contributed by atoms with E-state index in [1.165, 1.54) is 0 Å². The highest BCUT2D eigenvalue weighted by molar-refractivity contribution is 5.87. The highest BCUT2D eigenvalue weighted by atomic mass is 16.5. The van der Waals surface area contributed by atoms with Crippen LogP contribution in [0.4, 0.5) is 5.82 Å². The molecule has 0 aliphatic carbocycles. The number of hydrogen-bond acceptors (Lipinski definition) is 7. The van der Waals surface area contributed by atoms with Gasteiger partial charge in [-0.2, -0.15) is 15.1 Å². The number of fused-ring (bicyclic) bond motifs is 1. The van der Waals surface area contributed by atoms with Gasteiger partial charge in [0.1, 0.15) is 5.82 Å². The lowest BCUT2D eigenvalue weighted by Crippen LogP contribution is -2.44. The van der Waals surface area contributed by atoms with Gasteiger partial charge in [-0.05, 0) is 25.1 Å². The van der Waals surface area contributed by atoms with E-state index in [4.69, 9.17) is 19.7 Å². The normalized spacial score (nSPS) is 17.4. The lowest BCUT2D eigenvalue weighted by Gasteiger charge is -2.34. The van der Waals surface area contributed by atoms with E-state index in [0.29, 0.717) is 19.2 Å². The van der Waals surface area contributed by atoms with Gasteiger partial charge in [-0.1, -0.05) is 0 Å². The molecule has 0 aromatic carbocycles. The molecule has 142 valence electrons. The van der Waals surface area contributed by atoms with Crippen molar-refractivity contribution >= 4 is 17.0 Å². The van der Waals surface area contributed by atoms with Crippen LogP contribution >= 0.6 is 0 Å². The Labute approximate surface area is 161 Å². The van der Waals surface area contributed by atoms with Crippen molar-refractivity contribution in [1.82, 2.24) is 34.3 Å². The van der Waals surface area contributed by atoms with Crippen LogP contribution < -0.4 is 4.90 Å². The van der Waals surface area contributed by atoms with Crippen molar-refractivity contribution in [2.45, 2.75) is 13.0 Å². The molecule has 1 aliphatic rings. The fourth-order valence-corrected chi connectivity index (χ4v) is 3.53. The zero-order valence-electron chi connectivity index (χ0n) is 15.7. The number of aromatic nitrogens is 7. The molecule has 0 saturated carbocycles. The lowest BCUT2D eigenvalue weighted by molar-refractivity contribution is 0.0986. The first-order valence-corrected chi connectivity index (χ1v) is 9.21. The van der Waals surface area contributed by atoms with E-state index in [1.807, 2.05) is 36.0 Å². The first-order valence-electron chi connectivity index (χ1n) is 9.21. The van der Waals surface area contributed by atoms with Gasteiger partial charge in [-0.3, -0.25) is 4.98 Å². The molecule has 1 unspecified atom stereocenters. The minimum Gasteiger partial charge on any atom is -0.377 e. The quantitative estimate of drug-likeness (QED) is 0.539. The molecule has 0 amide bonds. The molecule has 0 radical (unpaired) electrons. The predicted octanol–water partition coefficient (Wildman–Crippen LogP) is 1.84. The smallest absolute Gasteiger partial charge is 0.254 e. The monoisotopic (exact) mass is 376 g/mol. The lowest BCUT2D eigenvalue weighted by atomic mass is 10.2. The zero-order valence-corrected chi connectivity index (χ0v) is 15.7. The van der Waals surface area contributed by atoms with Gasteiger partial charge in [0.15, 0.2) is 17.0 Å². The summed E-state index contributed by atoms with van der Waals surface area (Å²) in [5.41, 5.74) is 2.53. The Bertz CT molecular complexity index is 1110. The Hall–Kier alpha value is -3.33. The van der Waals surface area contributed by atoms with Crippen LogP contribution in [0.1, 0.15) is 6.92 Å². The number of nitrogens with zero attached hydrogens (tertiary/aromatic N) is 8. The summed E-state index contributed by atoms with van der Waals surface area (Å²) in [6.45, 7) is 4.21. The number of rotatable bonds is 3. The second-order valence-corrected chi connectivity index (χ2v) is 6.82. The maximum Gasteiger partial charge on any atom is 0.254 e. The van der Waals surface area contributed by atoms with E-state index in [9.17, 15) is 0 Å². The maximum atomic E-state index is 5.61. The van der Waals surface area contributed by atoms with Crippen LogP contribution in [-0.4, -0.2) is 60.1 Å². The molecule has 0 N–H and O–H groups in total. The third kappa shape index (κ3) is 2.71. The summed E-state index contributed by atoms with van der Waals surface area (Å²) in [6, 6.07) is 5.94. The molecule has 28 heavy (non-hydrogen) atoms. The minimum atomic E-state index is 0.198. The van der Waals surface area contributed by atoms with Crippen molar-refractivity contribution in [3.8, 4) is 17.3 Å². The van der Waals surface area contributed by atoms with E-state index in [2.05, 4.69) is 21.9 Å². The molecule has 0 spiro atoms. The van der Waals surface area contributed by atoms with Crippen LogP contribution in [-0.2, 0) is 11.8 Å². The summed E-state index contributed by atoms with van der Waals surface area (Å²) in [6.07, 6.45) is 7.09. The Morgan fingerprint density at radius 1 is 1.11 bits per heavy atom. The maximum absolute atomic E-state index is 5.61. The summed E-state index contributed by atoms with van der Waals surface area (Å²) < 4.78 is 9.28. The first kappa shape index (κ1) is 16.8. The number of morpholine rings is 1. The van der Waals surface area contributed by atoms with Gasteiger partial charge in [0.05, 0.1) is 19.3 Å². The molecule has 4 aromatic rings. The molecule has 9 nitrogen and oxygen atoms in total. The Balaban J connectivity index is 1.76. The molecule has 5 rings (SSSR count). The van der Waals surface area contributed by atoms with E-state index in [1.54, 1.807) is 23.3 Å². The van der Waals surface area contributed by atoms with Gasteiger partial charge in [0, 0.05) is 43.9 Å². The van der Waals surface area contributed by atoms with Crippen molar-refractivity contribution in [1.29, 1.82) is 0 Å². The molecule has 1 atom stereocenters. The SMILES string of the molecule is CC1COCCN1c1nc(-n2cccn2)nc2c1nc(-c1ccncc1)n2C. The standard InChI is InChI=1S/C19H20N8O/c1-13-12-28-11-10-26(13)18-15-17(23-19(24-18)27-9-3-6-21-27)25(2)16(22-15)14-4-7-20-8-5-14/h3-9,13H,10-12H2,1-2H3. The van der Waals surface area contributed by atoms with Crippen molar-refractivity contribution in [2.24, 2.45) is 7.05 Å². The summed E-state index contributed by atoms with van der Waals surface area (Å²) in [4.78, 5) is 20.9. The van der Waals surface area contributed by atoms with Crippen LogP contribution in [0.25, 0.3) is 28.5 Å². The highest BCUT2D eigenvalue weighted by Crippen LogP contribution is 2.30. The van der Waals surface area contributed by atoms with Gasteiger partial charge in [-0.25, -0.2) is 9.67 Å². The summed E-state index contributed by atoms with van der Waals surface area (Å²) >= 11 is 0. The largest absolute Gasteiger partial charge is 0.377 e. The molecule has 1 saturated heterocycles. The van der Waals surface area contributed by atoms with Gasteiger partial charge in [0.25, 0.3) is 5.95 Å². The molecule has 0 bridgehead atoms. The number of aryl methyl sites for hydroxylation is 1. The fraction of sp³-hybridized carbons (Fsp3) is 0.316. The van der Waals surface area contributed by atoms with Crippen molar-refractivity contribution in [2.75, 3.05) is 24.7 Å². The van der Waals surface area contributed by atoms with E-state index in [0.717, 1.165) is 34.9 Å². The summed E-state index contributed by atoms with van der Waals surface area (Å²) in [5.74, 6) is 2.16. The molecule has 1 aliphatic heterocycles. The van der Waals surface area contributed by atoms with Crippen LogP contribution in [0.3, 0.4) is 0 Å². The topological polar surface area (TPSA) is 86.8 Å². The van der Waals surface area contributed by atoms with Gasteiger partial charge in [-0.15, -0.1) is 0 Å². The Kier molecular flexibility index (Phi) is 4.01. The molecule has 1 fully saturated rings. The van der Waals surface area contributed by atoms with Crippen molar-refractivity contribution < 1.29 is 4.74 Å². The molecular weight excluding hydrogens is 356 g/mol. The van der Waals surface area contributed by atoms with Crippen molar-refractivity contribution in [3.05, 3.63) is 43.0 Å². The number of pyridine rings is 1. The van der Waals surface area contributed by atoms with E-state index < -0.39 is 0 Å². The average molecular weight is 376 g/mol. The molecule has 4 aromatic heterocycles. The molecule has 9 heteroatoms. The van der Waals surface area contributed by atoms with Crippen molar-refractivity contribution in [3.63, 3.8) is 0 Å². The predicted molar refractivity (Wildman–Crippen MR) is 104 cm³/mol. The van der Waals surface area contributed by atoms with Gasteiger partial charge >= 0.3 is 0 Å². The van der Waals surface area contributed by atoms with Crippen LogP contribution in [0.15, 0.2) is 43.0 Å². The minimum absolute atomic E-state index is 0.198. The summed E-state index contributed by atoms with van der Waals surface area (Å²) in [7, 11) is 1.97. The van der Waals surface area contributed by atoms with Gasteiger partial charge < -0.3 is 14.2 Å².